The quantitative estimate of drug-likeness (QED) is 0.502. The Balaban J connectivity index is 2.70. The molecule has 0 amide bonds. The number of hydrogen-bond acceptors (Lipinski definition) is 1. The van der Waals surface area contributed by atoms with Crippen molar-refractivity contribution < 1.29 is 4.79 Å². The predicted octanol–water partition coefficient (Wildman–Crippen LogP) is 2.27. The van der Waals surface area contributed by atoms with E-state index in [4.69, 9.17) is 6.42 Å². The van der Waals surface area contributed by atoms with E-state index in [2.05, 4.69) is 5.92 Å². The van der Waals surface area contributed by atoms with Crippen LogP contribution in [-0.4, -0.2) is 6.29 Å². The van der Waals surface area contributed by atoms with Gasteiger partial charge in [-0.2, -0.15) is 0 Å². The Morgan fingerprint density at radius 3 is 2.54 bits per heavy atom. The summed E-state index contributed by atoms with van der Waals surface area (Å²) in [5.74, 6) is 2.54. The van der Waals surface area contributed by atoms with Gasteiger partial charge in [-0.1, -0.05) is 30.2 Å². The van der Waals surface area contributed by atoms with Crippen molar-refractivity contribution in [3.05, 3.63) is 41.5 Å². The smallest absolute Gasteiger partial charge is 0.123 e. The van der Waals surface area contributed by atoms with Crippen molar-refractivity contribution in [3.8, 4) is 12.3 Å². The molecule has 0 aliphatic carbocycles. The van der Waals surface area contributed by atoms with Crippen molar-refractivity contribution in [2.75, 3.05) is 0 Å². The average Bonchev–Trinajstić information content (AvgIpc) is 2.19. The topological polar surface area (TPSA) is 17.1 Å². The van der Waals surface area contributed by atoms with Crippen LogP contribution in [0.15, 0.2) is 30.3 Å². The third kappa shape index (κ3) is 2.96. The van der Waals surface area contributed by atoms with E-state index in [0.29, 0.717) is 6.42 Å². The highest BCUT2D eigenvalue weighted by Gasteiger charge is 1.86. The van der Waals surface area contributed by atoms with Gasteiger partial charge >= 0.3 is 0 Å². The molecule has 0 radical (unpaired) electrons. The molecular formula is C12H10O. The molecule has 0 atom stereocenters. The molecular weight excluding hydrogens is 160 g/mol. The number of rotatable bonds is 3. The summed E-state index contributed by atoms with van der Waals surface area (Å²) >= 11 is 0. The van der Waals surface area contributed by atoms with E-state index in [9.17, 15) is 4.79 Å². The van der Waals surface area contributed by atoms with Gasteiger partial charge in [-0.05, 0) is 17.7 Å². The van der Waals surface area contributed by atoms with E-state index in [1.165, 1.54) is 0 Å². The Morgan fingerprint density at radius 1 is 1.31 bits per heavy atom. The van der Waals surface area contributed by atoms with Gasteiger partial charge in [-0.3, -0.25) is 0 Å². The molecule has 0 fully saturated rings. The van der Waals surface area contributed by atoms with Crippen LogP contribution in [-0.2, 0) is 4.79 Å². The molecule has 0 bridgehead atoms. The van der Waals surface area contributed by atoms with Crippen molar-refractivity contribution >= 4 is 12.4 Å². The molecule has 1 aromatic carbocycles. The van der Waals surface area contributed by atoms with Gasteiger partial charge in [0.05, 0.1) is 0 Å². The number of allylic oxidation sites excluding steroid dienone is 1. The molecule has 0 aliphatic rings. The molecule has 0 aliphatic heterocycles. The molecule has 13 heavy (non-hydrogen) atoms. The summed E-state index contributed by atoms with van der Waals surface area (Å²) in [6, 6.07) is 7.61. The van der Waals surface area contributed by atoms with Crippen LogP contribution in [0.3, 0.4) is 0 Å². The normalized spacial score (nSPS) is 9.77. The van der Waals surface area contributed by atoms with Crippen molar-refractivity contribution in [2.24, 2.45) is 0 Å². The Labute approximate surface area is 78.1 Å². The third-order valence-corrected chi connectivity index (χ3v) is 1.62. The fraction of sp³-hybridized carbons (Fsp3) is 0.0833. The molecule has 0 saturated heterocycles. The first-order chi connectivity index (χ1) is 6.36. The fourth-order valence-electron chi connectivity index (χ4n) is 0.950. The maximum atomic E-state index is 10.0. The van der Waals surface area contributed by atoms with Crippen LogP contribution in [0.5, 0.6) is 0 Å². The average molecular weight is 170 g/mol. The second-order valence-electron chi connectivity index (χ2n) is 2.57. The molecule has 64 valence electrons. The summed E-state index contributed by atoms with van der Waals surface area (Å²) in [5.41, 5.74) is 1.92. The molecule has 0 heterocycles. The molecule has 0 unspecified atom stereocenters. The van der Waals surface area contributed by atoms with E-state index >= 15 is 0 Å². The van der Waals surface area contributed by atoms with Gasteiger partial charge < -0.3 is 4.79 Å². The van der Waals surface area contributed by atoms with Crippen LogP contribution in [0.25, 0.3) is 6.08 Å². The molecule has 0 N–H and O–H groups in total. The minimum atomic E-state index is 0.455. The van der Waals surface area contributed by atoms with Gasteiger partial charge in [0.15, 0.2) is 0 Å². The SMILES string of the molecule is C#Cc1ccc(C=CCC=O)cc1. The standard InChI is InChI=1S/C12H10O/c1-2-11-6-8-12(9-7-11)5-3-4-10-13/h1,3,5-10H,4H2. The van der Waals surface area contributed by atoms with Crippen LogP contribution in [0.1, 0.15) is 17.5 Å². The zero-order chi connectivity index (χ0) is 9.52. The van der Waals surface area contributed by atoms with Gasteiger partial charge in [-0.25, -0.2) is 0 Å². The van der Waals surface area contributed by atoms with Gasteiger partial charge in [0.1, 0.15) is 6.29 Å². The van der Waals surface area contributed by atoms with E-state index in [-0.39, 0.29) is 0 Å². The second kappa shape index (κ2) is 4.95. The summed E-state index contributed by atoms with van der Waals surface area (Å²) in [7, 11) is 0. The van der Waals surface area contributed by atoms with Gasteiger partial charge in [-0.15, -0.1) is 6.42 Å². The van der Waals surface area contributed by atoms with Crippen molar-refractivity contribution in [3.63, 3.8) is 0 Å². The van der Waals surface area contributed by atoms with Crippen LogP contribution >= 0.6 is 0 Å². The summed E-state index contributed by atoms with van der Waals surface area (Å²) in [6.45, 7) is 0. The van der Waals surface area contributed by atoms with Crippen LogP contribution in [0.4, 0.5) is 0 Å². The molecule has 0 aromatic heterocycles. The lowest BCUT2D eigenvalue weighted by molar-refractivity contribution is -0.107. The number of carbonyl (C=O) groups is 1. The highest BCUT2D eigenvalue weighted by molar-refractivity contribution is 5.58. The first-order valence-corrected chi connectivity index (χ1v) is 4.03. The molecule has 1 rings (SSSR count). The minimum absolute atomic E-state index is 0.455. The van der Waals surface area contributed by atoms with Crippen LogP contribution < -0.4 is 0 Å². The van der Waals surface area contributed by atoms with Crippen LogP contribution in [0.2, 0.25) is 0 Å². The Bertz CT molecular complexity index is 338. The number of aldehydes is 1. The van der Waals surface area contributed by atoms with E-state index < -0.39 is 0 Å². The molecule has 1 heteroatoms. The second-order valence-corrected chi connectivity index (χ2v) is 2.57. The number of benzene rings is 1. The maximum absolute atomic E-state index is 10.0. The first kappa shape index (κ1) is 9.28. The summed E-state index contributed by atoms with van der Waals surface area (Å²) in [6.07, 6.45) is 10.2. The van der Waals surface area contributed by atoms with Crippen molar-refractivity contribution in [1.29, 1.82) is 0 Å². The lowest BCUT2D eigenvalue weighted by Gasteiger charge is -1.92. The van der Waals surface area contributed by atoms with E-state index in [1.807, 2.05) is 36.4 Å². The number of carbonyl (C=O) groups excluding carboxylic acids is 1. The van der Waals surface area contributed by atoms with Gasteiger partial charge in [0.2, 0.25) is 0 Å². The Morgan fingerprint density at radius 2 is 2.00 bits per heavy atom. The minimum Gasteiger partial charge on any atom is -0.303 e. The number of terminal acetylenes is 1. The first-order valence-electron chi connectivity index (χ1n) is 4.03. The lowest BCUT2D eigenvalue weighted by atomic mass is 10.1. The highest BCUT2D eigenvalue weighted by atomic mass is 16.1. The predicted molar refractivity (Wildman–Crippen MR) is 54.1 cm³/mol. The zero-order valence-corrected chi connectivity index (χ0v) is 7.23. The fourth-order valence-corrected chi connectivity index (χ4v) is 0.950. The van der Waals surface area contributed by atoms with Crippen LogP contribution in [0, 0.1) is 12.3 Å². The maximum Gasteiger partial charge on any atom is 0.123 e. The lowest BCUT2D eigenvalue weighted by Crippen LogP contribution is -1.75. The largest absolute Gasteiger partial charge is 0.303 e. The summed E-state index contributed by atoms with van der Waals surface area (Å²) in [4.78, 5) is 10.0. The van der Waals surface area contributed by atoms with E-state index in [0.717, 1.165) is 17.4 Å². The van der Waals surface area contributed by atoms with Gasteiger partial charge in [0.25, 0.3) is 0 Å². The van der Waals surface area contributed by atoms with Crippen molar-refractivity contribution in [2.45, 2.75) is 6.42 Å². The third-order valence-electron chi connectivity index (χ3n) is 1.62. The van der Waals surface area contributed by atoms with Crippen molar-refractivity contribution in [1.82, 2.24) is 0 Å². The van der Waals surface area contributed by atoms with E-state index in [1.54, 1.807) is 0 Å². The monoisotopic (exact) mass is 170 g/mol. The summed E-state index contributed by atoms with van der Waals surface area (Å²) in [5, 5.41) is 0. The summed E-state index contributed by atoms with van der Waals surface area (Å²) < 4.78 is 0. The zero-order valence-electron chi connectivity index (χ0n) is 7.23. The highest BCUT2D eigenvalue weighted by Crippen LogP contribution is 2.05. The Kier molecular flexibility index (Phi) is 3.53. The molecule has 0 spiro atoms. The molecule has 1 aromatic rings. The molecule has 1 nitrogen and oxygen atoms in total. The van der Waals surface area contributed by atoms with Gasteiger partial charge in [0, 0.05) is 12.0 Å². The number of hydrogen-bond donors (Lipinski definition) is 0. The molecule has 0 saturated carbocycles. The Hall–Kier alpha value is -1.81.